The van der Waals surface area contributed by atoms with E-state index >= 15 is 0 Å². The SMILES string of the molecule is CC(C)(C)c1nccc(N2CCN(Cc3ccc(F)cc3F)C(=O)C2)n1. The molecule has 7 heteroatoms. The molecule has 2 heterocycles. The van der Waals surface area contributed by atoms with Gasteiger partial charge in [0.15, 0.2) is 0 Å². The zero-order valence-electron chi connectivity index (χ0n) is 15.2. The Morgan fingerprint density at radius 1 is 1.15 bits per heavy atom. The lowest BCUT2D eigenvalue weighted by molar-refractivity contribution is -0.131. The molecule has 1 amide bonds. The molecule has 1 fully saturated rings. The molecule has 0 saturated carbocycles. The number of rotatable bonds is 3. The van der Waals surface area contributed by atoms with Crippen LogP contribution in [0.25, 0.3) is 0 Å². The average molecular weight is 360 g/mol. The highest BCUT2D eigenvalue weighted by Gasteiger charge is 2.26. The van der Waals surface area contributed by atoms with Crippen LogP contribution in [0.4, 0.5) is 14.6 Å². The number of hydrogen-bond donors (Lipinski definition) is 0. The number of halogens is 2. The van der Waals surface area contributed by atoms with Crippen LogP contribution in [0.5, 0.6) is 0 Å². The Balaban J connectivity index is 1.70. The molecular weight excluding hydrogens is 338 g/mol. The van der Waals surface area contributed by atoms with E-state index in [1.54, 1.807) is 17.2 Å². The number of carbonyl (C=O) groups excluding carboxylic acids is 1. The summed E-state index contributed by atoms with van der Waals surface area (Å²) in [5.74, 6) is 0.0618. The monoisotopic (exact) mass is 360 g/mol. The van der Waals surface area contributed by atoms with Crippen LogP contribution in [0.15, 0.2) is 30.5 Å². The first-order valence-electron chi connectivity index (χ1n) is 8.54. The molecule has 1 aliphatic rings. The van der Waals surface area contributed by atoms with Gasteiger partial charge in [-0.05, 0) is 12.1 Å². The van der Waals surface area contributed by atoms with Crippen molar-refractivity contribution in [1.82, 2.24) is 14.9 Å². The highest BCUT2D eigenvalue weighted by atomic mass is 19.1. The minimum Gasteiger partial charge on any atom is -0.345 e. The normalized spacial score (nSPS) is 15.5. The largest absolute Gasteiger partial charge is 0.345 e. The minimum atomic E-state index is -0.633. The van der Waals surface area contributed by atoms with Gasteiger partial charge in [0, 0.05) is 42.9 Å². The van der Waals surface area contributed by atoms with Crippen LogP contribution in [0.3, 0.4) is 0 Å². The molecular formula is C19H22F2N4O. The molecule has 0 atom stereocenters. The Morgan fingerprint density at radius 3 is 2.58 bits per heavy atom. The molecule has 0 N–H and O–H groups in total. The third kappa shape index (κ3) is 3.98. The van der Waals surface area contributed by atoms with E-state index in [9.17, 15) is 13.6 Å². The molecule has 1 aliphatic heterocycles. The molecule has 1 aromatic carbocycles. The summed E-state index contributed by atoms with van der Waals surface area (Å²) in [6.07, 6.45) is 1.70. The van der Waals surface area contributed by atoms with E-state index in [4.69, 9.17) is 0 Å². The molecule has 26 heavy (non-hydrogen) atoms. The van der Waals surface area contributed by atoms with Crippen molar-refractivity contribution >= 4 is 11.7 Å². The number of piperazine rings is 1. The summed E-state index contributed by atoms with van der Waals surface area (Å²) >= 11 is 0. The zero-order valence-corrected chi connectivity index (χ0v) is 15.2. The Labute approximate surface area is 151 Å². The fraction of sp³-hybridized carbons (Fsp3) is 0.421. The van der Waals surface area contributed by atoms with Gasteiger partial charge in [-0.3, -0.25) is 4.79 Å². The smallest absolute Gasteiger partial charge is 0.242 e. The Morgan fingerprint density at radius 2 is 1.92 bits per heavy atom. The fourth-order valence-electron chi connectivity index (χ4n) is 2.81. The minimum absolute atomic E-state index is 0.115. The lowest BCUT2D eigenvalue weighted by Crippen LogP contribution is -2.50. The average Bonchev–Trinajstić information content (AvgIpc) is 2.58. The zero-order chi connectivity index (χ0) is 18.9. The molecule has 0 radical (unpaired) electrons. The molecule has 0 unspecified atom stereocenters. The van der Waals surface area contributed by atoms with Crippen LogP contribution < -0.4 is 4.90 Å². The fourth-order valence-corrected chi connectivity index (χ4v) is 2.81. The van der Waals surface area contributed by atoms with E-state index in [0.717, 1.165) is 11.9 Å². The third-order valence-corrected chi connectivity index (χ3v) is 4.33. The van der Waals surface area contributed by atoms with Crippen molar-refractivity contribution in [3.05, 3.63) is 53.5 Å². The van der Waals surface area contributed by atoms with Gasteiger partial charge < -0.3 is 9.80 Å². The highest BCUT2D eigenvalue weighted by molar-refractivity contribution is 5.82. The molecule has 138 valence electrons. The van der Waals surface area contributed by atoms with E-state index in [0.29, 0.717) is 24.5 Å². The summed E-state index contributed by atoms with van der Waals surface area (Å²) in [5, 5.41) is 0. The number of anilines is 1. The molecule has 1 saturated heterocycles. The van der Waals surface area contributed by atoms with Crippen molar-refractivity contribution in [2.45, 2.75) is 32.7 Å². The topological polar surface area (TPSA) is 49.3 Å². The van der Waals surface area contributed by atoms with Crippen LogP contribution in [0.2, 0.25) is 0 Å². The van der Waals surface area contributed by atoms with E-state index in [-0.39, 0.29) is 24.4 Å². The van der Waals surface area contributed by atoms with Gasteiger partial charge in [0.05, 0.1) is 6.54 Å². The van der Waals surface area contributed by atoms with Gasteiger partial charge in [0.1, 0.15) is 23.3 Å². The third-order valence-electron chi connectivity index (χ3n) is 4.33. The molecule has 5 nitrogen and oxygen atoms in total. The summed E-state index contributed by atoms with van der Waals surface area (Å²) in [7, 11) is 0. The summed E-state index contributed by atoms with van der Waals surface area (Å²) in [4.78, 5) is 24.9. The van der Waals surface area contributed by atoms with Crippen LogP contribution in [0, 0.1) is 11.6 Å². The van der Waals surface area contributed by atoms with E-state index < -0.39 is 11.6 Å². The molecule has 1 aromatic heterocycles. The first-order chi connectivity index (χ1) is 12.2. The van der Waals surface area contributed by atoms with E-state index in [2.05, 4.69) is 9.97 Å². The summed E-state index contributed by atoms with van der Waals surface area (Å²) in [6.45, 7) is 7.45. The Hall–Kier alpha value is -2.57. The Kier molecular flexibility index (Phi) is 4.89. The number of hydrogen-bond acceptors (Lipinski definition) is 4. The van der Waals surface area contributed by atoms with Crippen molar-refractivity contribution in [3.63, 3.8) is 0 Å². The van der Waals surface area contributed by atoms with Gasteiger partial charge in [0.2, 0.25) is 5.91 Å². The molecule has 2 aromatic rings. The van der Waals surface area contributed by atoms with Crippen LogP contribution in [0.1, 0.15) is 32.2 Å². The number of amides is 1. The molecule has 0 aliphatic carbocycles. The maximum absolute atomic E-state index is 13.8. The summed E-state index contributed by atoms with van der Waals surface area (Å²) < 4.78 is 26.8. The lowest BCUT2D eigenvalue weighted by atomic mass is 9.96. The van der Waals surface area contributed by atoms with Crippen LogP contribution in [-0.2, 0) is 16.8 Å². The van der Waals surface area contributed by atoms with Gasteiger partial charge in [-0.25, -0.2) is 18.7 Å². The van der Waals surface area contributed by atoms with Gasteiger partial charge in [-0.15, -0.1) is 0 Å². The molecule has 0 spiro atoms. The number of aromatic nitrogens is 2. The van der Waals surface area contributed by atoms with Crippen LogP contribution >= 0.6 is 0 Å². The number of nitrogens with zero attached hydrogens (tertiary/aromatic N) is 4. The van der Waals surface area contributed by atoms with Crippen molar-refractivity contribution < 1.29 is 13.6 Å². The van der Waals surface area contributed by atoms with Crippen molar-refractivity contribution in [2.24, 2.45) is 0 Å². The van der Waals surface area contributed by atoms with Gasteiger partial charge in [-0.1, -0.05) is 26.8 Å². The van der Waals surface area contributed by atoms with Crippen molar-refractivity contribution in [3.8, 4) is 0 Å². The number of benzene rings is 1. The van der Waals surface area contributed by atoms with E-state index in [1.807, 2.05) is 25.7 Å². The van der Waals surface area contributed by atoms with Gasteiger partial charge in [0.25, 0.3) is 0 Å². The van der Waals surface area contributed by atoms with E-state index in [1.165, 1.54) is 12.1 Å². The van der Waals surface area contributed by atoms with Crippen LogP contribution in [-0.4, -0.2) is 40.4 Å². The van der Waals surface area contributed by atoms with Gasteiger partial charge in [-0.2, -0.15) is 0 Å². The molecule has 3 rings (SSSR count). The second-order valence-corrected chi connectivity index (χ2v) is 7.46. The second-order valence-electron chi connectivity index (χ2n) is 7.46. The first kappa shape index (κ1) is 18.2. The predicted octanol–water partition coefficient (Wildman–Crippen LogP) is 2.90. The lowest BCUT2D eigenvalue weighted by Gasteiger charge is -2.35. The summed E-state index contributed by atoms with van der Waals surface area (Å²) in [6, 6.07) is 5.21. The quantitative estimate of drug-likeness (QED) is 0.845. The summed E-state index contributed by atoms with van der Waals surface area (Å²) in [5.41, 5.74) is 0.132. The first-order valence-corrected chi connectivity index (χ1v) is 8.54. The maximum Gasteiger partial charge on any atom is 0.242 e. The predicted molar refractivity (Wildman–Crippen MR) is 94.7 cm³/mol. The maximum atomic E-state index is 13.8. The van der Waals surface area contributed by atoms with Gasteiger partial charge >= 0.3 is 0 Å². The van der Waals surface area contributed by atoms with Crippen molar-refractivity contribution in [1.29, 1.82) is 0 Å². The van der Waals surface area contributed by atoms with Crippen molar-refractivity contribution in [2.75, 3.05) is 24.5 Å². The highest BCUT2D eigenvalue weighted by Crippen LogP contribution is 2.22. The Bertz CT molecular complexity index is 819. The molecule has 0 bridgehead atoms. The second kappa shape index (κ2) is 6.97. The number of carbonyl (C=O) groups is 1. The standard InChI is InChI=1S/C19H22F2N4O/c1-19(2,3)18-22-7-6-16(23-18)24-8-9-25(17(26)12-24)11-13-4-5-14(20)10-15(13)21/h4-7,10H,8-9,11-12H2,1-3H3.